The van der Waals surface area contributed by atoms with Crippen LogP contribution in [0.15, 0.2) is 108 Å². The van der Waals surface area contributed by atoms with Crippen molar-refractivity contribution in [1.82, 2.24) is 10.2 Å². The van der Waals surface area contributed by atoms with Gasteiger partial charge in [-0.25, -0.2) is 8.42 Å². The molecule has 0 fully saturated rings. The third-order valence-corrected chi connectivity index (χ3v) is 9.13. The minimum Gasteiger partial charge on any atom is -0.495 e. The summed E-state index contributed by atoms with van der Waals surface area (Å²) in [5.41, 5.74) is 2.58. The summed E-state index contributed by atoms with van der Waals surface area (Å²) in [5.74, 6) is -0.615. The highest BCUT2D eigenvalue weighted by atomic mass is 35.5. The highest BCUT2D eigenvalue weighted by Crippen LogP contribution is 2.34. The van der Waals surface area contributed by atoms with Crippen molar-refractivity contribution in [1.29, 1.82) is 0 Å². The maximum atomic E-state index is 14.5. The van der Waals surface area contributed by atoms with Crippen molar-refractivity contribution < 1.29 is 22.7 Å². The molecule has 1 unspecified atom stereocenters. The first kappa shape index (κ1) is 32.6. The van der Waals surface area contributed by atoms with Gasteiger partial charge < -0.3 is 15.0 Å². The molecule has 2 amide bonds. The van der Waals surface area contributed by atoms with Gasteiger partial charge in [-0.05, 0) is 66.9 Å². The Kier molecular flexibility index (Phi) is 11.0. The van der Waals surface area contributed by atoms with E-state index in [2.05, 4.69) is 5.32 Å². The third kappa shape index (κ3) is 7.98. The zero-order chi connectivity index (χ0) is 31.7. The molecule has 4 aromatic carbocycles. The van der Waals surface area contributed by atoms with E-state index in [1.165, 1.54) is 24.1 Å². The topological polar surface area (TPSA) is 96.0 Å². The second kappa shape index (κ2) is 14.9. The number of benzene rings is 4. The van der Waals surface area contributed by atoms with Crippen LogP contribution in [0.4, 0.5) is 5.69 Å². The Balaban J connectivity index is 1.83. The van der Waals surface area contributed by atoms with Gasteiger partial charge in [0.2, 0.25) is 11.8 Å². The second-order valence-corrected chi connectivity index (χ2v) is 12.5. The van der Waals surface area contributed by atoms with Gasteiger partial charge >= 0.3 is 0 Å². The number of rotatable bonds is 13. The van der Waals surface area contributed by atoms with E-state index >= 15 is 0 Å². The van der Waals surface area contributed by atoms with Crippen LogP contribution >= 0.6 is 11.6 Å². The monoisotopic (exact) mass is 633 g/mol. The number of amides is 2. The summed E-state index contributed by atoms with van der Waals surface area (Å²) < 4.78 is 34.9. The van der Waals surface area contributed by atoms with Gasteiger partial charge in [0.1, 0.15) is 18.3 Å². The fraction of sp³-hybridized carbons (Fsp3) is 0.235. The van der Waals surface area contributed by atoms with Gasteiger partial charge in [0.05, 0.1) is 17.7 Å². The Hall–Kier alpha value is -4.34. The van der Waals surface area contributed by atoms with Crippen LogP contribution in [0.1, 0.15) is 23.6 Å². The minimum atomic E-state index is -4.24. The number of methoxy groups -OCH3 is 1. The van der Waals surface area contributed by atoms with Crippen molar-refractivity contribution in [3.63, 3.8) is 0 Å². The number of sulfonamides is 1. The van der Waals surface area contributed by atoms with E-state index in [4.69, 9.17) is 16.3 Å². The normalized spacial score (nSPS) is 11.8. The number of carbonyl (C=O) groups excluding carboxylic acids is 2. The molecule has 1 atom stereocenters. The van der Waals surface area contributed by atoms with Gasteiger partial charge in [-0.3, -0.25) is 13.9 Å². The largest absolute Gasteiger partial charge is 0.495 e. The van der Waals surface area contributed by atoms with Crippen molar-refractivity contribution in [3.05, 3.63) is 125 Å². The summed E-state index contributed by atoms with van der Waals surface area (Å²) in [6.45, 7) is 3.48. The van der Waals surface area contributed by atoms with Gasteiger partial charge in [0, 0.05) is 24.5 Å². The molecule has 10 heteroatoms. The number of halogens is 1. The minimum absolute atomic E-state index is 0.0187. The molecule has 0 aromatic heterocycles. The van der Waals surface area contributed by atoms with Crippen LogP contribution < -0.4 is 14.4 Å². The summed E-state index contributed by atoms with van der Waals surface area (Å²) >= 11 is 6.13. The maximum absolute atomic E-state index is 14.5. The Morgan fingerprint density at radius 2 is 1.52 bits per heavy atom. The lowest BCUT2D eigenvalue weighted by molar-refractivity contribution is -0.140. The Labute approximate surface area is 264 Å². The predicted octanol–water partition coefficient (Wildman–Crippen LogP) is 5.63. The standard InChI is InChI=1S/C34H36ClN3O5S/c1-4-36-34(40)31(22-26-11-7-5-8-12-26)37(23-27-16-18-28(35)19-17-27)33(39)24-38(30-21-25(2)15-20-32(30)43-3)44(41,42)29-13-9-6-10-14-29/h5-21,31H,4,22-24H2,1-3H3,(H,36,40). The highest BCUT2D eigenvalue weighted by molar-refractivity contribution is 7.92. The predicted molar refractivity (Wildman–Crippen MR) is 173 cm³/mol. The van der Waals surface area contributed by atoms with E-state index in [0.29, 0.717) is 11.6 Å². The second-order valence-electron chi connectivity index (χ2n) is 10.2. The quantitative estimate of drug-likeness (QED) is 0.206. The molecule has 0 radical (unpaired) electrons. The molecule has 0 aliphatic carbocycles. The number of aryl methyl sites for hydroxylation is 1. The molecule has 0 saturated carbocycles. The van der Waals surface area contributed by atoms with E-state index in [1.54, 1.807) is 67.6 Å². The first-order valence-corrected chi connectivity index (χ1v) is 16.0. The summed E-state index contributed by atoms with van der Waals surface area (Å²) in [4.78, 5) is 29.5. The Morgan fingerprint density at radius 1 is 0.886 bits per heavy atom. The number of ether oxygens (including phenoxy) is 1. The Morgan fingerprint density at radius 3 is 2.14 bits per heavy atom. The summed E-state index contributed by atoms with van der Waals surface area (Å²) in [6, 6.07) is 28.5. The van der Waals surface area contributed by atoms with Gasteiger partial charge in [-0.2, -0.15) is 0 Å². The lowest BCUT2D eigenvalue weighted by Gasteiger charge is -2.34. The number of nitrogens with zero attached hydrogens (tertiary/aromatic N) is 2. The molecule has 230 valence electrons. The molecule has 44 heavy (non-hydrogen) atoms. The van der Waals surface area contributed by atoms with Gasteiger partial charge in [0.25, 0.3) is 10.0 Å². The number of hydrogen-bond acceptors (Lipinski definition) is 5. The molecule has 0 heterocycles. The van der Waals surface area contributed by atoms with E-state index in [-0.39, 0.29) is 35.2 Å². The summed E-state index contributed by atoms with van der Waals surface area (Å²) in [7, 11) is -2.79. The fourth-order valence-corrected chi connectivity index (χ4v) is 6.42. The number of nitrogens with one attached hydrogen (secondary N) is 1. The van der Waals surface area contributed by atoms with E-state index < -0.39 is 28.5 Å². The van der Waals surface area contributed by atoms with Crippen molar-refractivity contribution in [2.45, 2.75) is 37.8 Å². The van der Waals surface area contributed by atoms with Crippen LogP contribution in [-0.2, 0) is 32.6 Å². The first-order valence-electron chi connectivity index (χ1n) is 14.2. The van der Waals surface area contributed by atoms with Gasteiger partial charge in [-0.15, -0.1) is 0 Å². The van der Waals surface area contributed by atoms with Crippen LogP contribution in [0.25, 0.3) is 0 Å². The molecule has 8 nitrogen and oxygen atoms in total. The molecule has 4 rings (SSSR count). The lowest BCUT2D eigenvalue weighted by Crippen LogP contribution is -2.53. The molecule has 0 bridgehead atoms. The average molecular weight is 634 g/mol. The lowest BCUT2D eigenvalue weighted by atomic mass is 10.0. The number of anilines is 1. The van der Waals surface area contributed by atoms with E-state index in [9.17, 15) is 18.0 Å². The number of carbonyl (C=O) groups is 2. The molecule has 4 aromatic rings. The Bertz CT molecular complexity index is 1670. The van der Waals surface area contributed by atoms with E-state index in [1.807, 2.05) is 37.3 Å². The van der Waals surface area contributed by atoms with Crippen LogP contribution in [0.5, 0.6) is 5.75 Å². The van der Waals surface area contributed by atoms with Crippen LogP contribution in [0.2, 0.25) is 5.02 Å². The zero-order valence-corrected chi connectivity index (χ0v) is 26.5. The fourth-order valence-electron chi connectivity index (χ4n) is 4.86. The van der Waals surface area contributed by atoms with Crippen molar-refractivity contribution in [2.75, 3.05) is 24.5 Å². The van der Waals surface area contributed by atoms with Crippen LogP contribution in [-0.4, -0.2) is 51.4 Å². The van der Waals surface area contributed by atoms with Crippen LogP contribution in [0.3, 0.4) is 0 Å². The molecule has 0 aliphatic heterocycles. The van der Waals surface area contributed by atoms with Gasteiger partial charge in [-0.1, -0.05) is 78.3 Å². The van der Waals surface area contributed by atoms with Crippen LogP contribution in [0, 0.1) is 6.92 Å². The molecular weight excluding hydrogens is 598 g/mol. The average Bonchev–Trinajstić information content (AvgIpc) is 3.03. The molecule has 0 saturated heterocycles. The van der Waals surface area contributed by atoms with Crippen molar-refractivity contribution in [3.8, 4) is 5.75 Å². The molecule has 1 N–H and O–H groups in total. The summed E-state index contributed by atoms with van der Waals surface area (Å²) in [5, 5.41) is 3.39. The maximum Gasteiger partial charge on any atom is 0.264 e. The van der Waals surface area contributed by atoms with Crippen molar-refractivity contribution >= 4 is 39.1 Å². The SMILES string of the molecule is CCNC(=O)C(Cc1ccccc1)N(Cc1ccc(Cl)cc1)C(=O)CN(c1cc(C)ccc1OC)S(=O)(=O)c1ccccc1. The number of hydrogen-bond donors (Lipinski definition) is 1. The highest BCUT2D eigenvalue weighted by Gasteiger charge is 2.35. The smallest absolute Gasteiger partial charge is 0.264 e. The molecular formula is C34H36ClN3O5S. The zero-order valence-electron chi connectivity index (χ0n) is 24.9. The molecule has 0 aliphatic rings. The summed E-state index contributed by atoms with van der Waals surface area (Å²) in [6.07, 6.45) is 0.227. The van der Waals surface area contributed by atoms with Crippen molar-refractivity contribution in [2.24, 2.45) is 0 Å². The first-order chi connectivity index (χ1) is 21.1. The van der Waals surface area contributed by atoms with Gasteiger partial charge in [0.15, 0.2) is 0 Å². The van der Waals surface area contributed by atoms with E-state index in [0.717, 1.165) is 21.0 Å². The number of likely N-dealkylation sites (N-methyl/N-ethyl adjacent to an activating group) is 1. The molecule has 0 spiro atoms. The third-order valence-electron chi connectivity index (χ3n) is 7.10.